The molecule has 8 nitrogen and oxygen atoms in total. The third kappa shape index (κ3) is 5.24. The summed E-state index contributed by atoms with van der Waals surface area (Å²) in [5.41, 5.74) is 1.93. The van der Waals surface area contributed by atoms with Crippen LogP contribution in [0.25, 0.3) is 10.6 Å². The van der Waals surface area contributed by atoms with Gasteiger partial charge >= 0.3 is 0 Å². The third-order valence-electron chi connectivity index (χ3n) is 6.06. The number of anilines is 2. The minimum absolute atomic E-state index is 0.130. The fourth-order valence-corrected chi connectivity index (χ4v) is 6.34. The number of fused-ring (bicyclic) bond motifs is 1. The number of carbonyl (C=O) groups is 1. The normalized spacial score (nSPS) is 15.5. The molecule has 1 N–H and O–H groups in total. The van der Waals surface area contributed by atoms with Gasteiger partial charge in [-0.15, -0.1) is 10.2 Å². The molecule has 3 aromatic carbocycles. The maximum absolute atomic E-state index is 13.7. The van der Waals surface area contributed by atoms with Crippen LogP contribution >= 0.6 is 22.9 Å². The van der Waals surface area contributed by atoms with Gasteiger partial charge in [-0.05, 0) is 47.4 Å². The van der Waals surface area contributed by atoms with E-state index in [0.717, 1.165) is 11.1 Å². The predicted octanol–water partition coefficient (Wildman–Crippen LogP) is 5.75. The Morgan fingerprint density at radius 2 is 1.76 bits per heavy atom. The largest absolute Gasteiger partial charge is 0.476 e. The average Bonchev–Trinajstić information content (AvgIpc) is 3.36. The summed E-state index contributed by atoms with van der Waals surface area (Å²) in [5.74, 6) is -0.217. The van der Waals surface area contributed by atoms with Crippen LogP contribution in [0.1, 0.15) is 26.3 Å². The van der Waals surface area contributed by atoms with Crippen LogP contribution in [0.3, 0.4) is 0 Å². The van der Waals surface area contributed by atoms with E-state index in [-0.39, 0.29) is 22.0 Å². The summed E-state index contributed by atoms with van der Waals surface area (Å²) in [4.78, 5) is 13.4. The van der Waals surface area contributed by atoms with E-state index in [1.807, 2.05) is 45.0 Å². The quantitative estimate of drug-likeness (QED) is 0.329. The molecule has 1 aromatic heterocycles. The van der Waals surface area contributed by atoms with E-state index in [9.17, 15) is 13.2 Å². The summed E-state index contributed by atoms with van der Waals surface area (Å²) in [7, 11) is -3.98. The minimum Gasteiger partial charge on any atom is -0.476 e. The molecule has 1 atom stereocenters. The number of nitrogens with one attached hydrogen (secondary N) is 1. The lowest BCUT2D eigenvalue weighted by Gasteiger charge is -2.35. The Bertz CT molecular complexity index is 1580. The van der Waals surface area contributed by atoms with Gasteiger partial charge in [0, 0.05) is 10.6 Å². The molecule has 2 heterocycles. The van der Waals surface area contributed by atoms with Crippen molar-refractivity contribution in [2.75, 3.05) is 16.2 Å². The number of halogens is 1. The highest BCUT2D eigenvalue weighted by molar-refractivity contribution is 7.92. The smallest absolute Gasteiger partial charge is 0.269 e. The van der Waals surface area contributed by atoms with Gasteiger partial charge in [0.15, 0.2) is 6.10 Å². The summed E-state index contributed by atoms with van der Waals surface area (Å²) in [5, 5.41) is 12.4. The van der Waals surface area contributed by atoms with Crippen molar-refractivity contribution in [2.24, 2.45) is 0 Å². The molecule has 38 heavy (non-hydrogen) atoms. The van der Waals surface area contributed by atoms with Crippen LogP contribution in [0.2, 0.25) is 5.02 Å². The first-order valence-electron chi connectivity index (χ1n) is 11.8. The van der Waals surface area contributed by atoms with Crippen molar-refractivity contribution >= 4 is 49.7 Å². The number of ether oxygens (including phenoxy) is 1. The molecular formula is C27H25ClN4O4S2. The Hall–Kier alpha value is -3.47. The van der Waals surface area contributed by atoms with Crippen molar-refractivity contribution < 1.29 is 17.9 Å². The van der Waals surface area contributed by atoms with E-state index in [1.165, 1.54) is 27.8 Å². The number of hydrogen-bond donors (Lipinski definition) is 1. The Labute approximate surface area is 230 Å². The topological polar surface area (TPSA) is 101 Å². The molecule has 0 radical (unpaired) electrons. The van der Waals surface area contributed by atoms with E-state index in [2.05, 4.69) is 15.5 Å². The Morgan fingerprint density at radius 1 is 1.05 bits per heavy atom. The number of amides is 1. The van der Waals surface area contributed by atoms with Crippen LogP contribution in [-0.2, 0) is 20.2 Å². The molecule has 11 heteroatoms. The molecule has 1 amide bonds. The van der Waals surface area contributed by atoms with Crippen molar-refractivity contribution in [2.45, 2.75) is 37.2 Å². The van der Waals surface area contributed by atoms with Gasteiger partial charge in [-0.1, -0.05) is 80.1 Å². The van der Waals surface area contributed by atoms with Crippen molar-refractivity contribution in [3.8, 4) is 16.3 Å². The Balaban J connectivity index is 1.45. The van der Waals surface area contributed by atoms with Gasteiger partial charge in [-0.25, -0.2) is 8.42 Å². The maximum Gasteiger partial charge on any atom is 0.269 e. The Kier molecular flexibility index (Phi) is 6.89. The van der Waals surface area contributed by atoms with E-state index < -0.39 is 22.0 Å². The van der Waals surface area contributed by atoms with E-state index in [0.29, 0.717) is 21.5 Å². The van der Waals surface area contributed by atoms with Crippen LogP contribution in [-0.4, -0.2) is 37.2 Å². The first-order valence-corrected chi connectivity index (χ1v) is 14.4. The molecule has 1 unspecified atom stereocenters. The number of aromatic nitrogens is 2. The fourth-order valence-electron chi connectivity index (χ4n) is 3.97. The fraction of sp³-hybridized carbons (Fsp3) is 0.222. The number of nitrogens with zero attached hydrogens (tertiary/aromatic N) is 3. The first-order chi connectivity index (χ1) is 18.0. The lowest BCUT2D eigenvalue weighted by Crippen LogP contribution is -2.49. The van der Waals surface area contributed by atoms with Gasteiger partial charge in [0.1, 0.15) is 10.8 Å². The average molecular weight is 569 g/mol. The molecule has 0 fully saturated rings. The summed E-state index contributed by atoms with van der Waals surface area (Å²) in [6.07, 6.45) is -1.11. The van der Waals surface area contributed by atoms with Crippen LogP contribution in [0.15, 0.2) is 77.7 Å². The first kappa shape index (κ1) is 26.1. The Morgan fingerprint density at radius 3 is 2.45 bits per heavy atom. The van der Waals surface area contributed by atoms with Crippen LogP contribution in [0, 0.1) is 0 Å². The molecule has 4 aromatic rings. The molecule has 0 bridgehead atoms. The van der Waals surface area contributed by atoms with Gasteiger partial charge in [-0.2, -0.15) is 0 Å². The molecule has 1 aliphatic rings. The summed E-state index contributed by atoms with van der Waals surface area (Å²) >= 11 is 7.15. The molecule has 0 saturated heterocycles. The lowest BCUT2D eigenvalue weighted by atomic mass is 9.86. The number of carbonyl (C=O) groups excluding carboxylic acids is 1. The highest BCUT2D eigenvalue weighted by Crippen LogP contribution is 2.40. The highest BCUT2D eigenvalue weighted by atomic mass is 35.5. The van der Waals surface area contributed by atoms with Crippen molar-refractivity contribution in [3.05, 3.63) is 83.4 Å². The summed E-state index contributed by atoms with van der Waals surface area (Å²) < 4.78 is 34.7. The van der Waals surface area contributed by atoms with Crippen LogP contribution in [0.4, 0.5) is 10.8 Å². The van der Waals surface area contributed by atoms with Gasteiger partial charge in [0.05, 0.1) is 17.1 Å². The highest BCUT2D eigenvalue weighted by Gasteiger charge is 2.38. The number of sulfonamides is 1. The van der Waals surface area contributed by atoms with Crippen LogP contribution < -0.4 is 14.4 Å². The van der Waals surface area contributed by atoms with E-state index in [1.54, 1.807) is 36.4 Å². The molecule has 0 aliphatic carbocycles. The number of rotatable bonds is 5. The second kappa shape index (κ2) is 10.0. The molecule has 5 rings (SSSR count). The molecule has 0 saturated carbocycles. The molecule has 0 spiro atoms. The predicted molar refractivity (Wildman–Crippen MR) is 150 cm³/mol. The van der Waals surface area contributed by atoms with Gasteiger partial charge < -0.3 is 4.74 Å². The number of benzene rings is 3. The lowest BCUT2D eigenvalue weighted by molar-refractivity contribution is -0.122. The standard InChI is InChI=1S/C27H25ClN4O4S2/c1-27(2,3)18-11-14-22-21(15-18)32(38(34,35)20-7-5-4-6-8-20)16-23(36-22)24(33)29-26-31-30-25(37-26)17-9-12-19(28)13-10-17/h4-15,23H,16H2,1-3H3,(H,29,31,33). The maximum atomic E-state index is 13.7. The van der Waals surface area contributed by atoms with Crippen molar-refractivity contribution in [1.82, 2.24) is 10.2 Å². The minimum atomic E-state index is -3.98. The van der Waals surface area contributed by atoms with Gasteiger partial charge in [-0.3, -0.25) is 14.4 Å². The second-order valence-corrected chi connectivity index (χ2v) is 13.1. The molecule has 196 valence electrons. The SMILES string of the molecule is CC(C)(C)c1ccc2c(c1)N(S(=O)(=O)c1ccccc1)CC(C(=O)Nc1nnc(-c3ccc(Cl)cc3)s1)O2. The van der Waals surface area contributed by atoms with Crippen LogP contribution in [0.5, 0.6) is 5.75 Å². The van der Waals surface area contributed by atoms with Gasteiger partial charge in [0.2, 0.25) is 5.13 Å². The van der Waals surface area contributed by atoms with E-state index in [4.69, 9.17) is 16.3 Å². The third-order valence-corrected chi connectivity index (χ3v) is 9.00. The van der Waals surface area contributed by atoms with Crippen molar-refractivity contribution in [1.29, 1.82) is 0 Å². The summed E-state index contributed by atoms with van der Waals surface area (Å²) in [6, 6.07) is 20.7. The molecule has 1 aliphatic heterocycles. The monoisotopic (exact) mass is 568 g/mol. The van der Waals surface area contributed by atoms with Gasteiger partial charge in [0.25, 0.3) is 15.9 Å². The van der Waals surface area contributed by atoms with Crippen molar-refractivity contribution in [3.63, 3.8) is 0 Å². The zero-order valence-electron chi connectivity index (χ0n) is 20.9. The zero-order valence-corrected chi connectivity index (χ0v) is 23.3. The van der Waals surface area contributed by atoms with E-state index >= 15 is 0 Å². The second-order valence-electron chi connectivity index (χ2n) is 9.80. The summed E-state index contributed by atoms with van der Waals surface area (Å²) in [6.45, 7) is 5.94. The number of hydrogen-bond acceptors (Lipinski definition) is 7. The molecular weight excluding hydrogens is 544 g/mol. The zero-order chi connectivity index (χ0) is 27.1.